The van der Waals surface area contributed by atoms with E-state index in [1.807, 2.05) is 0 Å². The molecule has 1 atom stereocenters. The molecule has 0 spiro atoms. The van der Waals surface area contributed by atoms with Gasteiger partial charge in [0.1, 0.15) is 0 Å². The van der Waals surface area contributed by atoms with Crippen molar-refractivity contribution in [3.8, 4) is 0 Å². The first-order valence-electron chi connectivity index (χ1n) is 8.71. The molecule has 0 nitrogen and oxygen atoms in total. The summed E-state index contributed by atoms with van der Waals surface area (Å²) in [6, 6.07) is 0. The Morgan fingerprint density at radius 3 is 1.00 bits per heavy atom. The zero-order chi connectivity index (χ0) is 12.5. The summed E-state index contributed by atoms with van der Waals surface area (Å²) in [7, 11) is 1.31. The second-order valence-corrected chi connectivity index (χ2v) is 8.57. The van der Waals surface area contributed by atoms with Gasteiger partial charge >= 0.3 is 0 Å². The van der Waals surface area contributed by atoms with Crippen LogP contribution in [0.2, 0.25) is 0 Å². The molecular weight excluding hydrogens is 235 g/mol. The zero-order valence-electron chi connectivity index (χ0n) is 12.3. The van der Waals surface area contributed by atoms with Crippen molar-refractivity contribution in [2.45, 2.75) is 108 Å². The minimum Gasteiger partial charge on any atom is -0.116 e. The monoisotopic (exact) mass is 268 g/mol. The first-order valence-corrected chi connectivity index (χ1v) is 9.87. The molecule has 2 rings (SSSR count). The van der Waals surface area contributed by atoms with Crippen LogP contribution >= 0.6 is 8.58 Å². The predicted octanol–water partition coefficient (Wildman–Crippen LogP) is 6.28. The fourth-order valence-electron chi connectivity index (χ4n) is 3.76. The van der Waals surface area contributed by atoms with E-state index in [1.165, 1.54) is 79.2 Å². The van der Waals surface area contributed by atoms with Gasteiger partial charge in [-0.2, -0.15) is 0 Å². The van der Waals surface area contributed by atoms with Gasteiger partial charge in [0.15, 0.2) is 0 Å². The van der Waals surface area contributed by atoms with Gasteiger partial charge in [0.2, 0.25) is 0 Å². The molecule has 0 aromatic carbocycles. The fraction of sp³-hybridized carbons (Fsp3) is 1.00. The lowest BCUT2D eigenvalue weighted by Crippen LogP contribution is -2.09. The van der Waals surface area contributed by atoms with E-state index >= 15 is 0 Å². The van der Waals surface area contributed by atoms with Crippen molar-refractivity contribution in [1.82, 2.24) is 0 Å². The lowest BCUT2D eigenvalue weighted by molar-refractivity contribution is 0.507. The van der Waals surface area contributed by atoms with Gasteiger partial charge in [-0.3, -0.25) is 0 Å². The summed E-state index contributed by atoms with van der Waals surface area (Å²) < 4.78 is 0. The summed E-state index contributed by atoms with van der Waals surface area (Å²) in [6.45, 7) is 0. The third-order valence-electron chi connectivity index (χ3n) is 4.93. The van der Waals surface area contributed by atoms with Crippen LogP contribution in [0.3, 0.4) is 0 Å². The maximum atomic E-state index is 1.56. The molecule has 2 aliphatic rings. The van der Waals surface area contributed by atoms with Crippen molar-refractivity contribution < 1.29 is 0 Å². The summed E-state index contributed by atoms with van der Waals surface area (Å²) in [5.41, 5.74) is 2.24. The Hall–Kier alpha value is 0.430. The maximum absolute atomic E-state index is 1.56. The summed E-state index contributed by atoms with van der Waals surface area (Å²) in [5, 5.41) is 0. The fourth-order valence-corrected chi connectivity index (χ4v) is 5.91. The number of hydrogen-bond acceptors (Lipinski definition) is 0. The van der Waals surface area contributed by atoms with E-state index in [-0.39, 0.29) is 0 Å². The molecule has 2 aliphatic carbocycles. The van der Waals surface area contributed by atoms with Crippen molar-refractivity contribution in [3.63, 3.8) is 0 Å². The van der Waals surface area contributed by atoms with Crippen LogP contribution in [-0.2, 0) is 0 Å². The summed E-state index contributed by atoms with van der Waals surface area (Å²) >= 11 is 0. The average molecular weight is 268 g/mol. The van der Waals surface area contributed by atoms with Crippen molar-refractivity contribution in [1.29, 1.82) is 0 Å². The molecule has 0 amide bonds. The Bertz CT molecular complexity index is 184. The number of rotatable bonds is 2. The van der Waals surface area contributed by atoms with Crippen LogP contribution in [0.15, 0.2) is 0 Å². The highest BCUT2D eigenvalue weighted by atomic mass is 31.1. The van der Waals surface area contributed by atoms with E-state index in [1.54, 1.807) is 25.7 Å². The Kier molecular flexibility index (Phi) is 7.71. The van der Waals surface area contributed by atoms with E-state index in [0.717, 1.165) is 11.3 Å². The highest BCUT2D eigenvalue weighted by molar-refractivity contribution is 7.39. The normalized spacial score (nSPS) is 27.3. The SMILES string of the molecule is C1CCCCC(PC2CCCCCC2)CCCC1. The van der Waals surface area contributed by atoms with Crippen LogP contribution < -0.4 is 0 Å². The molecule has 2 saturated carbocycles. The third kappa shape index (κ3) is 6.05. The van der Waals surface area contributed by atoms with Gasteiger partial charge in [-0.1, -0.05) is 70.6 Å². The first-order chi connectivity index (χ1) is 8.95. The first kappa shape index (κ1) is 14.8. The Balaban J connectivity index is 1.73. The molecule has 18 heavy (non-hydrogen) atoms. The van der Waals surface area contributed by atoms with Crippen LogP contribution in [0, 0.1) is 0 Å². The standard InChI is InChI=1S/C17H33P/c1-2-4-8-12-16(13-9-5-3-1)18-17-14-10-6-7-11-15-17/h16-18H,1-15H2. The molecule has 0 radical (unpaired) electrons. The van der Waals surface area contributed by atoms with Gasteiger partial charge in [-0.25, -0.2) is 0 Å². The van der Waals surface area contributed by atoms with Gasteiger partial charge in [0, 0.05) is 0 Å². The van der Waals surface area contributed by atoms with Gasteiger partial charge in [0.05, 0.1) is 0 Å². The minimum absolute atomic E-state index is 1.12. The third-order valence-corrected chi connectivity index (χ3v) is 7.03. The summed E-state index contributed by atoms with van der Waals surface area (Å²) in [6.07, 6.45) is 23.0. The molecule has 0 bridgehead atoms. The van der Waals surface area contributed by atoms with Crippen molar-refractivity contribution in [3.05, 3.63) is 0 Å². The largest absolute Gasteiger partial charge is 0.116 e. The number of hydrogen-bond donors (Lipinski definition) is 0. The quantitative estimate of drug-likeness (QED) is 0.408. The Labute approximate surface area is 116 Å². The lowest BCUT2D eigenvalue weighted by atomic mass is 10.0. The van der Waals surface area contributed by atoms with Crippen molar-refractivity contribution in [2.75, 3.05) is 0 Å². The highest BCUT2D eigenvalue weighted by Crippen LogP contribution is 2.39. The second kappa shape index (κ2) is 9.35. The van der Waals surface area contributed by atoms with Crippen molar-refractivity contribution in [2.24, 2.45) is 0 Å². The Morgan fingerprint density at radius 2 is 0.667 bits per heavy atom. The van der Waals surface area contributed by atoms with Gasteiger partial charge in [0.25, 0.3) is 0 Å². The minimum atomic E-state index is 1.12. The van der Waals surface area contributed by atoms with Crippen molar-refractivity contribution >= 4 is 8.58 Å². The maximum Gasteiger partial charge on any atom is -0.0234 e. The van der Waals surface area contributed by atoms with E-state index in [4.69, 9.17) is 0 Å². The Morgan fingerprint density at radius 1 is 0.389 bits per heavy atom. The van der Waals surface area contributed by atoms with Crippen LogP contribution in [-0.4, -0.2) is 11.3 Å². The molecule has 0 aromatic rings. The predicted molar refractivity (Wildman–Crippen MR) is 85.1 cm³/mol. The van der Waals surface area contributed by atoms with Crippen LogP contribution in [0.4, 0.5) is 0 Å². The molecule has 0 aliphatic heterocycles. The lowest BCUT2D eigenvalue weighted by Gasteiger charge is -2.24. The average Bonchev–Trinajstić information content (AvgIpc) is 2.66. The summed E-state index contributed by atoms with van der Waals surface area (Å²) in [5.74, 6) is 0. The zero-order valence-corrected chi connectivity index (χ0v) is 13.3. The molecule has 1 unspecified atom stereocenters. The molecule has 0 aromatic heterocycles. The smallest absolute Gasteiger partial charge is 0.0234 e. The molecule has 106 valence electrons. The van der Waals surface area contributed by atoms with E-state index in [0.29, 0.717) is 0 Å². The van der Waals surface area contributed by atoms with Crippen LogP contribution in [0.5, 0.6) is 0 Å². The molecule has 1 heteroatoms. The summed E-state index contributed by atoms with van der Waals surface area (Å²) in [4.78, 5) is 0. The molecule has 0 heterocycles. The highest BCUT2D eigenvalue weighted by Gasteiger charge is 2.18. The van der Waals surface area contributed by atoms with Gasteiger partial charge in [-0.15, -0.1) is 8.58 Å². The topological polar surface area (TPSA) is 0 Å². The van der Waals surface area contributed by atoms with E-state index in [9.17, 15) is 0 Å². The molecular formula is C17H33P. The van der Waals surface area contributed by atoms with Crippen LogP contribution in [0.25, 0.3) is 0 Å². The van der Waals surface area contributed by atoms with Gasteiger partial charge in [-0.05, 0) is 37.0 Å². The molecule has 2 fully saturated rings. The second-order valence-electron chi connectivity index (χ2n) is 6.60. The van der Waals surface area contributed by atoms with Gasteiger partial charge < -0.3 is 0 Å². The molecule has 0 saturated heterocycles. The molecule has 0 N–H and O–H groups in total. The van der Waals surface area contributed by atoms with Crippen LogP contribution in [0.1, 0.15) is 96.3 Å². The van der Waals surface area contributed by atoms with E-state index in [2.05, 4.69) is 0 Å². The van der Waals surface area contributed by atoms with E-state index < -0.39 is 0 Å².